The molecule has 0 bridgehead atoms. The van der Waals surface area contributed by atoms with Crippen molar-refractivity contribution in [1.29, 1.82) is 0 Å². The molecule has 7 heteroatoms. The molecule has 0 radical (unpaired) electrons. The molecular weight excluding hydrogens is 482 g/mol. The monoisotopic (exact) mass is 503 g/mol. The minimum absolute atomic E-state index is 0. The molecule has 0 unspecified atom stereocenters. The zero-order chi connectivity index (χ0) is 20.4. The van der Waals surface area contributed by atoms with Crippen molar-refractivity contribution in [3.8, 4) is 0 Å². The lowest BCUT2D eigenvalue weighted by atomic mass is 10.1. The van der Waals surface area contributed by atoms with Crippen LogP contribution in [-0.4, -0.2) is 43.0 Å². The second-order valence-electron chi connectivity index (χ2n) is 7.28. The van der Waals surface area contributed by atoms with Gasteiger partial charge in [0.2, 0.25) is 0 Å². The molecule has 4 rings (SSSR count). The summed E-state index contributed by atoms with van der Waals surface area (Å²) in [6, 6.07) is 20.0. The lowest BCUT2D eigenvalue weighted by molar-refractivity contribution is 0.0986. The van der Waals surface area contributed by atoms with Crippen molar-refractivity contribution in [3.63, 3.8) is 0 Å². The summed E-state index contributed by atoms with van der Waals surface area (Å²) in [6.45, 7) is 1.54. The first-order chi connectivity index (χ1) is 14.0. The summed E-state index contributed by atoms with van der Waals surface area (Å²) in [6.07, 6.45) is 0.881. The average molecular weight is 505 g/mol. The Bertz CT molecular complexity index is 1180. The van der Waals surface area contributed by atoms with E-state index in [2.05, 4.69) is 33.0 Å². The first kappa shape index (κ1) is 22.7. The van der Waals surface area contributed by atoms with Crippen LogP contribution in [0.15, 0.2) is 65.1 Å². The topological polar surface area (TPSA) is 36.4 Å². The number of amides is 1. The van der Waals surface area contributed by atoms with Gasteiger partial charge in [-0.3, -0.25) is 9.69 Å². The van der Waals surface area contributed by atoms with Gasteiger partial charge in [-0.1, -0.05) is 57.6 Å². The Morgan fingerprint density at radius 3 is 2.53 bits per heavy atom. The van der Waals surface area contributed by atoms with E-state index in [1.165, 1.54) is 0 Å². The van der Waals surface area contributed by atoms with Gasteiger partial charge in [-0.2, -0.15) is 0 Å². The number of hydrogen-bond donors (Lipinski definition) is 0. The van der Waals surface area contributed by atoms with Crippen molar-refractivity contribution >= 4 is 71.7 Å². The molecule has 4 nitrogen and oxygen atoms in total. The van der Waals surface area contributed by atoms with Crippen LogP contribution >= 0.6 is 39.7 Å². The largest absolute Gasteiger partial charge is 0.309 e. The Labute approximate surface area is 195 Å². The molecule has 0 fully saturated rings. The summed E-state index contributed by atoms with van der Waals surface area (Å²) in [4.78, 5) is 22.2. The third-order valence-electron chi connectivity index (χ3n) is 4.80. The number of nitrogens with zero attached hydrogens (tertiary/aromatic N) is 3. The molecule has 0 aliphatic heterocycles. The van der Waals surface area contributed by atoms with Crippen LogP contribution in [0.4, 0.5) is 5.13 Å². The van der Waals surface area contributed by atoms with Crippen LogP contribution in [-0.2, 0) is 0 Å². The van der Waals surface area contributed by atoms with E-state index in [-0.39, 0.29) is 18.3 Å². The standard InChI is InChI=1S/C23H22BrN3OS.ClH/c1-26(2)12-5-13-27(23-25-20-11-10-19(24)15-21(20)29-23)22(28)18-9-8-16-6-3-4-7-17(16)14-18;/h3-4,6-11,14-15H,5,12-13H2,1-2H3;1H. The number of aromatic nitrogens is 1. The molecule has 30 heavy (non-hydrogen) atoms. The third-order valence-corrected chi connectivity index (χ3v) is 6.33. The minimum atomic E-state index is -0.00682. The summed E-state index contributed by atoms with van der Waals surface area (Å²) in [7, 11) is 4.09. The maximum absolute atomic E-state index is 13.5. The molecular formula is C23H23BrClN3OS. The molecule has 0 saturated heterocycles. The average Bonchev–Trinajstić information content (AvgIpc) is 3.13. The van der Waals surface area contributed by atoms with Gasteiger partial charge in [0.25, 0.3) is 5.91 Å². The fraction of sp³-hybridized carbons (Fsp3) is 0.217. The van der Waals surface area contributed by atoms with Gasteiger partial charge < -0.3 is 4.90 Å². The van der Waals surface area contributed by atoms with Crippen molar-refractivity contribution in [2.45, 2.75) is 6.42 Å². The van der Waals surface area contributed by atoms with E-state index in [1.54, 1.807) is 11.3 Å². The first-order valence-corrected chi connectivity index (χ1v) is 11.1. The molecule has 0 saturated carbocycles. The highest BCUT2D eigenvalue weighted by atomic mass is 79.9. The van der Waals surface area contributed by atoms with Crippen molar-refractivity contribution in [1.82, 2.24) is 9.88 Å². The first-order valence-electron chi connectivity index (χ1n) is 9.53. The lowest BCUT2D eigenvalue weighted by Gasteiger charge is -2.21. The van der Waals surface area contributed by atoms with Crippen LogP contribution in [0.5, 0.6) is 0 Å². The number of halogens is 2. The van der Waals surface area contributed by atoms with Gasteiger partial charge >= 0.3 is 0 Å². The molecule has 0 atom stereocenters. The zero-order valence-electron chi connectivity index (χ0n) is 16.8. The second-order valence-corrected chi connectivity index (χ2v) is 9.21. The Hall–Kier alpha value is -1.99. The molecule has 0 aliphatic rings. The molecule has 0 aliphatic carbocycles. The van der Waals surface area contributed by atoms with E-state index in [0.29, 0.717) is 12.1 Å². The highest BCUT2D eigenvalue weighted by Crippen LogP contribution is 2.32. The number of benzene rings is 3. The summed E-state index contributed by atoms with van der Waals surface area (Å²) in [5.41, 5.74) is 1.60. The fourth-order valence-electron chi connectivity index (χ4n) is 3.31. The number of carbonyl (C=O) groups excluding carboxylic acids is 1. The van der Waals surface area contributed by atoms with Gasteiger partial charge in [-0.25, -0.2) is 4.98 Å². The summed E-state index contributed by atoms with van der Waals surface area (Å²) >= 11 is 5.07. The number of fused-ring (bicyclic) bond motifs is 2. The number of thiazole rings is 1. The quantitative estimate of drug-likeness (QED) is 0.312. The molecule has 1 aromatic heterocycles. The van der Waals surface area contributed by atoms with Crippen molar-refractivity contribution < 1.29 is 4.79 Å². The normalized spacial score (nSPS) is 11.1. The van der Waals surface area contributed by atoms with Crippen LogP contribution in [0.1, 0.15) is 16.8 Å². The van der Waals surface area contributed by atoms with Crippen molar-refractivity contribution in [3.05, 3.63) is 70.7 Å². The molecule has 3 aromatic carbocycles. The Morgan fingerprint density at radius 1 is 1.00 bits per heavy atom. The van der Waals surface area contributed by atoms with Crippen LogP contribution in [0.3, 0.4) is 0 Å². The van der Waals surface area contributed by atoms with Gasteiger partial charge in [0.1, 0.15) is 0 Å². The lowest BCUT2D eigenvalue weighted by Crippen LogP contribution is -2.33. The molecule has 1 amide bonds. The molecule has 1 heterocycles. The van der Waals surface area contributed by atoms with Crippen LogP contribution < -0.4 is 4.90 Å². The Balaban J connectivity index is 0.00000256. The number of hydrogen-bond acceptors (Lipinski definition) is 4. The summed E-state index contributed by atoms with van der Waals surface area (Å²) in [5.74, 6) is -0.00682. The van der Waals surface area contributed by atoms with Crippen molar-refractivity contribution in [2.75, 3.05) is 32.1 Å². The predicted octanol–water partition coefficient (Wildman–Crippen LogP) is 6.23. The predicted molar refractivity (Wildman–Crippen MR) is 133 cm³/mol. The van der Waals surface area contributed by atoms with Crippen LogP contribution in [0, 0.1) is 0 Å². The molecule has 4 aromatic rings. The van der Waals surface area contributed by atoms with Gasteiger partial charge in [0.15, 0.2) is 5.13 Å². The van der Waals surface area contributed by atoms with E-state index >= 15 is 0 Å². The third kappa shape index (κ3) is 5.01. The van der Waals surface area contributed by atoms with Gasteiger partial charge in [0, 0.05) is 16.6 Å². The highest BCUT2D eigenvalue weighted by molar-refractivity contribution is 9.10. The number of anilines is 1. The van der Waals surface area contributed by atoms with E-state index in [4.69, 9.17) is 4.98 Å². The Morgan fingerprint density at radius 2 is 1.77 bits per heavy atom. The van der Waals surface area contributed by atoms with E-state index in [1.807, 2.05) is 67.5 Å². The Kier molecular flexibility index (Phi) is 7.47. The fourth-order valence-corrected chi connectivity index (χ4v) is 4.85. The summed E-state index contributed by atoms with van der Waals surface area (Å²) < 4.78 is 2.08. The van der Waals surface area contributed by atoms with E-state index < -0.39 is 0 Å². The van der Waals surface area contributed by atoms with Gasteiger partial charge in [0.05, 0.1) is 10.2 Å². The summed E-state index contributed by atoms with van der Waals surface area (Å²) in [5, 5.41) is 2.95. The zero-order valence-corrected chi connectivity index (χ0v) is 20.1. The molecule has 0 N–H and O–H groups in total. The maximum atomic E-state index is 13.5. The SMILES string of the molecule is CN(C)CCCN(C(=O)c1ccc2ccccc2c1)c1nc2ccc(Br)cc2s1.Cl. The van der Waals surface area contributed by atoms with Gasteiger partial charge in [-0.15, -0.1) is 12.4 Å². The molecule has 156 valence electrons. The minimum Gasteiger partial charge on any atom is -0.309 e. The highest BCUT2D eigenvalue weighted by Gasteiger charge is 2.21. The second kappa shape index (κ2) is 9.88. The maximum Gasteiger partial charge on any atom is 0.260 e. The number of carbonyl (C=O) groups is 1. The van der Waals surface area contributed by atoms with Gasteiger partial charge in [-0.05, 0) is 68.2 Å². The van der Waals surface area contributed by atoms with Crippen LogP contribution in [0.25, 0.3) is 21.0 Å². The number of rotatable bonds is 6. The molecule has 0 spiro atoms. The van der Waals surface area contributed by atoms with Crippen LogP contribution in [0.2, 0.25) is 0 Å². The van der Waals surface area contributed by atoms with Crippen molar-refractivity contribution in [2.24, 2.45) is 0 Å². The smallest absolute Gasteiger partial charge is 0.260 e. The van der Waals surface area contributed by atoms with E-state index in [0.717, 1.165) is 43.6 Å². The van der Waals surface area contributed by atoms with E-state index in [9.17, 15) is 4.79 Å².